The van der Waals surface area contributed by atoms with Gasteiger partial charge in [0, 0.05) is 84.1 Å². The van der Waals surface area contributed by atoms with Gasteiger partial charge in [0.1, 0.15) is 0 Å². The Morgan fingerprint density at radius 1 is 0.900 bits per heavy atom. The fraction of sp³-hybridized carbons (Fsp3) is 0.622. The molecule has 1 N–H and O–H groups in total. The smallest absolute Gasteiger partial charge is 0.419 e. The summed E-state index contributed by atoms with van der Waals surface area (Å²) in [5.74, 6) is -0.179. The third kappa shape index (κ3) is 11.9. The van der Waals surface area contributed by atoms with Gasteiger partial charge in [0.05, 0.1) is 18.7 Å². The number of aromatic nitrogens is 1. The molecule has 2 aromatic carbocycles. The van der Waals surface area contributed by atoms with E-state index in [1.807, 2.05) is 42.2 Å². The highest BCUT2D eigenvalue weighted by Crippen LogP contribution is 2.27. The Hall–Kier alpha value is -4.89. The molecule has 3 aromatic rings. The second-order valence-corrected chi connectivity index (χ2v) is 16.7. The molecule has 0 radical (unpaired) electrons. The standard InChI is InChI=1S/C33H41N5O6.C11H22N2O2.CH4/c1-21-8-13-36(14-9-21)30(39)28(20-23-18-22(2)29-27(19-23)43-32(41)35(29)3)44-33(42)37-15-11-25(12-16-37)38-17-10-24-6-4-5-7-26(24)34-31(38)40;1-3-4-9-15-11(14)10-13-7-5-12(2)6-8-13;/h4-7,18-19,21,25,28H,8-17,20H2,1-3H3,(H,34,40);3-10H2,1-2H3;1H4/t28-;;/m1../s1. The highest BCUT2D eigenvalue weighted by molar-refractivity contribution is 5.91. The first-order valence-corrected chi connectivity index (χ1v) is 21.5. The number of carbonyl (C=O) groups is 4. The lowest BCUT2D eigenvalue weighted by atomic mass is 9.98. The summed E-state index contributed by atoms with van der Waals surface area (Å²) in [7, 11) is 3.77. The van der Waals surface area contributed by atoms with Crippen molar-refractivity contribution in [3.8, 4) is 0 Å². The van der Waals surface area contributed by atoms with Gasteiger partial charge in [-0.25, -0.2) is 14.4 Å². The minimum atomic E-state index is -1.00. The van der Waals surface area contributed by atoms with Gasteiger partial charge < -0.3 is 38.8 Å². The number of piperazine rings is 1. The second-order valence-electron chi connectivity index (χ2n) is 16.7. The van der Waals surface area contributed by atoms with Crippen LogP contribution >= 0.6 is 0 Å². The third-order valence-electron chi connectivity index (χ3n) is 12.2. The fourth-order valence-corrected chi connectivity index (χ4v) is 8.38. The SMILES string of the molecule is C.CCCCOC(=O)CN1CCN(C)CC1.Cc1cc(C[C@@H](OC(=O)N2CCC(N3CCc4ccccc4NC3=O)CC2)C(=O)N2CCC(C)CC2)cc2oc(=O)n(C)c12. The molecule has 15 nitrogen and oxygen atoms in total. The van der Waals surface area contributed by atoms with Crippen LogP contribution in [0.15, 0.2) is 45.6 Å². The summed E-state index contributed by atoms with van der Waals surface area (Å²) in [6, 6.07) is 11.4. The van der Waals surface area contributed by atoms with Crippen molar-refractivity contribution in [3.05, 3.63) is 63.6 Å². The first-order valence-electron chi connectivity index (χ1n) is 21.5. The molecular formula is C45H67N7O8. The van der Waals surface area contributed by atoms with Crippen molar-refractivity contribution in [2.75, 3.05) is 84.4 Å². The Labute approximate surface area is 354 Å². The van der Waals surface area contributed by atoms with Crippen molar-refractivity contribution in [2.45, 2.75) is 91.7 Å². The number of piperidine rings is 2. The predicted octanol–water partition coefficient (Wildman–Crippen LogP) is 5.51. The van der Waals surface area contributed by atoms with Crippen LogP contribution in [0.5, 0.6) is 0 Å². The Morgan fingerprint density at radius 3 is 2.28 bits per heavy atom. The maximum atomic E-state index is 13.8. The molecule has 7 rings (SSSR count). The summed E-state index contributed by atoms with van der Waals surface area (Å²) < 4.78 is 18.0. The van der Waals surface area contributed by atoms with Gasteiger partial charge in [-0.1, -0.05) is 52.0 Å². The lowest BCUT2D eigenvalue weighted by Gasteiger charge is -2.38. The topological polar surface area (TPSA) is 150 Å². The van der Waals surface area contributed by atoms with E-state index >= 15 is 0 Å². The van der Waals surface area contributed by atoms with E-state index < -0.39 is 18.0 Å². The van der Waals surface area contributed by atoms with Crippen molar-refractivity contribution >= 4 is 40.8 Å². The number of nitrogens with one attached hydrogen (secondary N) is 1. The fourth-order valence-electron chi connectivity index (χ4n) is 8.38. The van der Waals surface area contributed by atoms with Crippen molar-refractivity contribution in [3.63, 3.8) is 0 Å². The number of fused-ring (bicyclic) bond motifs is 2. The number of unbranched alkanes of at least 4 members (excludes halogenated alkanes) is 1. The van der Waals surface area contributed by atoms with Crippen molar-refractivity contribution < 1.29 is 33.1 Å². The maximum absolute atomic E-state index is 13.8. The molecule has 4 aliphatic rings. The molecule has 3 saturated heterocycles. The molecule has 4 amide bonds. The van der Waals surface area contributed by atoms with E-state index in [9.17, 15) is 24.0 Å². The molecule has 60 heavy (non-hydrogen) atoms. The summed E-state index contributed by atoms with van der Waals surface area (Å²) in [6.07, 6.45) is 4.54. The number of carbonyl (C=O) groups excluding carboxylic acids is 4. The number of benzene rings is 2. The predicted molar refractivity (Wildman–Crippen MR) is 232 cm³/mol. The summed E-state index contributed by atoms with van der Waals surface area (Å²) in [5, 5.41) is 3.03. The number of amides is 4. The van der Waals surface area contributed by atoms with E-state index in [0.29, 0.717) is 75.7 Å². The summed E-state index contributed by atoms with van der Waals surface area (Å²) in [4.78, 5) is 73.6. The Kier molecular flexibility index (Phi) is 16.6. The van der Waals surface area contributed by atoms with Crippen LogP contribution in [0, 0.1) is 12.8 Å². The number of urea groups is 1. The van der Waals surface area contributed by atoms with Gasteiger partial charge in [-0.3, -0.25) is 19.1 Å². The summed E-state index contributed by atoms with van der Waals surface area (Å²) in [6.45, 7) is 14.0. The molecule has 0 bridgehead atoms. The van der Waals surface area contributed by atoms with E-state index in [1.165, 1.54) is 4.57 Å². The Morgan fingerprint density at radius 2 is 1.58 bits per heavy atom. The minimum absolute atomic E-state index is 0. The molecule has 1 aromatic heterocycles. The van der Waals surface area contributed by atoms with Crippen LogP contribution in [0.2, 0.25) is 0 Å². The first kappa shape index (κ1) is 46.2. The molecule has 0 spiro atoms. The minimum Gasteiger partial charge on any atom is -0.465 e. The molecule has 0 aliphatic carbocycles. The van der Waals surface area contributed by atoms with Crippen LogP contribution in [-0.2, 0) is 39.0 Å². The first-order chi connectivity index (χ1) is 28.4. The van der Waals surface area contributed by atoms with Crippen LogP contribution in [0.3, 0.4) is 0 Å². The monoisotopic (exact) mass is 834 g/mol. The quantitative estimate of drug-likeness (QED) is 0.205. The number of oxazole rings is 1. The maximum Gasteiger partial charge on any atom is 0.419 e. The van der Waals surface area contributed by atoms with E-state index in [4.69, 9.17) is 13.9 Å². The average Bonchev–Trinajstić information content (AvgIpc) is 3.40. The lowest BCUT2D eigenvalue weighted by molar-refractivity contribution is -0.145. The van der Waals surface area contributed by atoms with Crippen molar-refractivity contribution in [2.24, 2.45) is 13.0 Å². The highest BCUT2D eigenvalue weighted by Gasteiger charge is 2.35. The number of rotatable bonds is 10. The second kappa shape index (κ2) is 21.6. The number of likely N-dealkylation sites (tertiary alicyclic amines) is 2. The van der Waals surface area contributed by atoms with E-state index in [2.05, 4.69) is 36.0 Å². The van der Waals surface area contributed by atoms with Crippen LogP contribution in [-0.4, -0.2) is 144 Å². The molecule has 0 unspecified atom stereocenters. The Balaban J connectivity index is 0.000000362. The van der Waals surface area contributed by atoms with Gasteiger partial charge in [-0.05, 0) is 87.2 Å². The summed E-state index contributed by atoms with van der Waals surface area (Å²) >= 11 is 0. The van der Waals surface area contributed by atoms with Crippen LogP contribution < -0.4 is 11.1 Å². The number of ether oxygens (including phenoxy) is 2. The van der Waals surface area contributed by atoms with Crippen molar-refractivity contribution in [1.82, 2.24) is 29.1 Å². The highest BCUT2D eigenvalue weighted by atomic mass is 16.6. The molecule has 1 atom stereocenters. The molecular weight excluding hydrogens is 767 g/mol. The number of hydrogen-bond acceptors (Lipinski definition) is 10. The zero-order valence-electron chi connectivity index (χ0n) is 35.6. The Bertz CT molecular complexity index is 1970. The van der Waals surface area contributed by atoms with Gasteiger partial charge in [-0.2, -0.15) is 0 Å². The number of hydrogen-bond donors (Lipinski definition) is 1. The van der Waals surface area contributed by atoms with Crippen LogP contribution in [0.4, 0.5) is 15.3 Å². The number of anilines is 1. The van der Waals surface area contributed by atoms with Gasteiger partial charge in [-0.15, -0.1) is 0 Å². The molecule has 0 saturated carbocycles. The van der Waals surface area contributed by atoms with Gasteiger partial charge in [0.2, 0.25) is 0 Å². The number of esters is 1. The number of aryl methyl sites for hydroxylation is 2. The average molecular weight is 834 g/mol. The molecule has 15 heteroatoms. The molecule has 4 aliphatic heterocycles. The van der Waals surface area contributed by atoms with Gasteiger partial charge >= 0.3 is 23.8 Å². The molecule has 5 heterocycles. The van der Waals surface area contributed by atoms with Crippen LogP contribution in [0.25, 0.3) is 11.1 Å². The largest absolute Gasteiger partial charge is 0.465 e. The number of nitrogens with zero attached hydrogens (tertiary/aromatic N) is 6. The van der Waals surface area contributed by atoms with Crippen LogP contribution in [0.1, 0.15) is 76.5 Å². The zero-order chi connectivity index (χ0) is 42.1. The van der Waals surface area contributed by atoms with Gasteiger partial charge in [0.25, 0.3) is 5.91 Å². The van der Waals surface area contributed by atoms with Crippen molar-refractivity contribution in [1.29, 1.82) is 0 Å². The molecule has 3 fully saturated rings. The third-order valence-corrected chi connectivity index (χ3v) is 12.2. The number of para-hydroxylation sites is 1. The van der Waals surface area contributed by atoms with E-state index in [0.717, 1.165) is 80.7 Å². The van der Waals surface area contributed by atoms with E-state index in [-0.39, 0.29) is 37.8 Å². The number of likely N-dealkylation sites (N-methyl/N-ethyl adjacent to an activating group) is 1. The molecule has 330 valence electrons. The lowest BCUT2D eigenvalue weighted by Crippen LogP contribution is -2.51. The van der Waals surface area contributed by atoms with E-state index in [1.54, 1.807) is 22.9 Å². The van der Waals surface area contributed by atoms with Gasteiger partial charge in [0.15, 0.2) is 11.7 Å². The summed E-state index contributed by atoms with van der Waals surface area (Å²) in [5.41, 5.74) is 4.72. The normalized spacial score (nSPS) is 18.7. The zero-order valence-corrected chi connectivity index (χ0v) is 35.6.